The summed E-state index contributed by atoms with van der Waals surface area (Å²) in [6, 6.07) is 1.45. The molecular formula is C12H21N3O2. The molecule has 1 heterocycles. The Morgan fingerprint density at radius 3 is 2.82 bits per heavy atom. The van der Waals surface area contributed by atoms with Crippen molar-refractivity contribution in [3.8, 4) is 5.75 Å². The minimum absolute atomic E-state index is 0.0681. The summed E-state index contributed by atoms with van der Waals surface area (Å²) in [7, 11) is 0. The molecular weight excluding hydrogens is 218 g/mol. The van der Waals surface area contributed by atoms with E-state index in [-0.39, 0.29) is 17.2 Å². The highest BCUT2D eigenvalue weighted by Crippen LogP contribution is 2.10. The molecule has 0 saturated carbocycles. The van der Waals surface area contributed by atoms with Crippen LogP contribution in [-0.2, 0) is 6.54 Å². The third-order valence-electron chi connectivity index (χ3n) is 2.94. The molecule has 5 N–H and O–H groups in total. The van der Waals surface area contributed by atoms with Crippen molar-refractivity contribution in [2.75, 3.05) is 6.54 Å². The standard InChI is InChI=1S/C12H21N3O2/c1-9-12(17)11(16)5-7-15(9)6-3-2-4-10(14)8-13/h5,7,10,17H,2-4,6,8,13-14H2,1H3. The van der Waals surface area contributed by atoms with Crippen LogP contribution in [-0.4, -0.2) is 22.3 Å². The number of aryl methyl sites for hydroxylation is 1. The number of unbranched alkanes of at least 4 members (excludes halogenated alkanes) is 1. The molecule has 1 aromatic heterocycles. The van der Waals surface area contributed by atoms with Crippen molar-refractivity contribution in [2.24, 2.45) is 11.5 Å². The van der Waals surface area contributed by atoms with E-state index in [1.165, 1.54) is 6.07 Å². The van der Waals surface area contributed by atoms with Crippen LogP contribution in [0.3, 0.4) is 0 Å². The van der Waals surface area contributed by atoms with E-state index in [9.17, 15) is 9.90 Å². The molecule has 5 nitrogen and oxygen atoms in total. The Hall–Kier alpha value is -1.33. The van der Waals surface area contributed by atoms with Crippen molar-refractivity contribution in [1.29, 1.82) is 0 Å². The van der Waals surface area contributed by atoms with Crippen molar-refractivity contribution in [1.82, 2.24) is 4.57 Å². The highest BCUT2D eigenvalue weighted by molar-refractivity contribution is 5.25. The summed E-state index contributed by atoms with van der Waals surface area (Å²) >= 11 is 0. The van der Waals surface area contributed by atoms with E-state index >= 15 is 0 Å². The third kappa shape index (κ3) is 3.87. The summed E-state index contributed by atoms with van der Waals surface area (Å²) in [5, 5.41) is 9.50. The van der Waals surface area contributed by atoms with Gasteiger partial charge < -0.3 is 21.1 Å². The van der Waals surface area contributed by atoms with Gasteiger partial charge in [-0.25, -0.2) is 0 Å². The highest BCUT2D eigenvalue weighted by atomic mass is 16.3. The van der Waals surface area contributed by atoms with Gasteiger partial charge in [0.15, 0.2) is 5.75 Å². The second-order valence-electron chi connectivity index (χ2n) is 4.30. The predicted molar refractivity (Wildman–Crippen MR) is 68.0 cm³/mol. The smallest absolute Gasteiger partial charge is 0.223 e. The molecule has 0 radical (unpaired) electrons. The first-order chi connectivity index (χ1) is 8.06. The lowest BCUT2D eigenvalue weighted by molar-refractivity contribution is 0.448. The first-order valence-electron chi connectivity index (χ1n) is 5.91. The lowest BCUT2D eigenvalue weighted by Gasteiger charge is -2.12. The number of hydrogen-bond donors (Lipinski definition) is 3. The van der Waals surface area contributed by atoms with Gasteiger partial charge in [-0.15, -0.1) is 0 Å². The van der Waals surface area contributed by atoms with Crippen molar-refractivity contribution in [3.05, 3.63) is 28.2 Å². The third-order valence-corrected chi connectivity index (χ3v) is 2.94. The van der Waals surface area contributed by atoms with E-state index in [1.54, 1.807) is 13.1 Å². The molecule has 0 saturated heterocycles. The number of nitrogens with zero attached hydrogens (tertiary/aromatic N) is 1. The lowest BCUT2D eigenvalue weighted by Crippen LogP contribution is -2.29. The largest absolute Gasteiger partial charge is 0.503 e. The molecule has 1 rings (SSSR count). The SMILES string of the molecule is Cc1c(O)c(=O)ccn1CCCCC(N)CN. The fourth-order valence-electron chi connectivity index (χ4n) is 1.71. The molecule has 1 unspecified atom stereocenters. The van der Waals surface area contributed by atoms with Gasteiger partial charge in [-0.3, -0.25) is 4.79 Å². The minimum atomic E-state index is -0.330. The number of pyridine rings is 1. The van der Waals surface area contributed by atoms with Gasteiger partial charge in [-0.05, 0) is 19.8 Å². The molecule has 0 aliphatic carbocycles. The Balaban J connectivity index is 2.48. The summed E-state index contributed by atoms with van der Waals surface area (Å²) in [4.78, 5) is 11.2. The van der Waals surface area contributed by atoms with E-state index in [2.05, 4.69) is 0 Å². The summed E-state index contributed by atoms with van der Waals surface area (Å²) < 4.78 is 1.88. The average Bonchev–Trinajstić information content (AvgIpc) is 2.33. The Bertz CT molecular complexity index is 415. The number of hydrogen-bond acceptors (Lipinski definition) is 4. The van der Waals surface area contributed by atoms with Gasteiger partial charge in [0.2, 0.25) is 5.43 Å². The molecule has 5 heteroatoms. The second-order valence-corrected chi connectivity index (χ2v) is 4.30. The molecule has 0 aromatic carbocycles. The summed E-state index contributed by atoms with van der Waals surface area (Å²) in [6.45, 7) is 3.02. The fourth-order valence-corrected chi connectivity index (χ4v) is 1.71. The summed E-state index contributed by atoms with van der Waals surface area (Å²) in [5.41, 5.74) is 11.4. The number of nitrogens with two attached hydrogens (primary N) is 2. The van der Waals surface area contributed by atoms with E-state index in [0.29, 0.717) is 12.2 Å². The van der Waals surface area contributed by atoms with Crippen LogP contribution in [0.25, 0.3) is 0 Å². The molecule has 0 aliphatic rings. The van der Waals surface area contributed by atoms with Gasteiger partial charge in [0, 0.05) is 31.4 Å². The van der Waals surface area contributed by atoms with Crippen molar-refractivity contribution < 1.29 is 5.11 Å². The maximum absolute atomic E-state index is 11.2. The van der Waals surface area contributed by atoms with Crippen LogP contribution in [0.1, 0.15) is 25.0 Å². The molecule has 96 valence electrons. The van der Waals surface area contributed by atoms with Crippen molar-refractivity contribution >= 4 is 0 Å². The number of aromatic hydroxyl groups is 1. The van der Waals surface area contributed by atoms with E-state index in [1.807, 2.05) is 4.57 Å². The molecule has 17 heavy (non-hydrogen) atoms. The molecule has 1 aromatic rings. The lowest BCUT2D eigenvalue weighted by atomic mass is 10.1. The molecule has 0 amide bonds. The van der Waals surface area contributed by atoms with Gasteiger partial charge in [0.25, 0.3) is 0 Å². The van der Waals surface area contributed by atoms with E-state index in [0.717, 1.165) is 25.8 Å². The van der Waals surface area contributed by atoms with Crippen molar-refractivity contribution in [2.45, 2.75) is 38.8 Å². The van der Waals surface area contributed by atoms with Gasteiger partial charge in [0.05, 0.1) is 5.69 Å². The normalized spacial score (nSPS) is 12.6. The first kappa shape index (κ1) is 13.7. The maximum atomic E-state index is 11.2. The predicted octanol–water partition coefficient (Wildman–Crippen LogP) is 0.319. The summed E-state index contributed by atoms with van der Waals surface area (Å²) in [5.74, 6) is -0.161. The van der Waals surface area contributed by atoms with Crippen LogP contribution in [0.5, 0.6) is 5.75 Å². The Morgan fingerprint density at radius 2 is 2.18 bits per heavy atom. The van der Waals surface area contributed by atoms with Crippen LogP contribution in [0, 0.1) is 6.92 Å². The molecule has 1 atom stereocenters. The van der Waals surface area contributed by atoms with Gasteiger partial charge in [0.1, 0.15) is 0 Å². The van der Waals surface area contributed by atoms with E-state index < -0.39 is 0 Å². The van der Waals surface area contributed by atoms with Gasteiger partial charge >= 0.3 is 0 Å². The van der Waals surface area contributed by atoms with Crippen LogP contribution in [0.4, 0.5) is 0 Å². The summed E-state index contributed by atoms with van der Waals surface area (Å²) in [6.07, 6.45) is 4.56. The zero-order valence-electron chi connectivity index (χ0n) is 10.2. The number of rotatable bonds is 6. The van der Waals surface area contributed by atoms with E-state index in [4.69, 9.17) is 11.5 Å². The highest BCUT2D eigenvalue weighted by Gasteiger charge is 2.05. The van der Waals surface area contributed by atoms with Crippen LogP contribution >= 0.6 is 0 Å². The minimum Gasteiger partial charge on any atom is -0.503 e. The molecule has 0 fully saturated rings. The first-order valence-corrected chi connectivity index (χ1v) is 5.91. The monoisotopic (exact) mass is 239 g/mol. The fraction of sp³-hybridized carbons (Fsp3) is 0.583. The van der Waals surface area contributed by atoms with Gasteiger partial charge in [-0.1, -0.05) is 6.42 Å². The number of aromatic nitrogens is 1. The van der Waals surface area contributed by atoms with Gasteiger partial charge in [-0.2, -0.15) is 0 Å². The molecule has 0 bridgehead atoms. The van der Waals surface area contributed by atoms with Crippen LogP contribution in [0.15, 0.2) is 17.1 Å². The zero-order chi connectivity index (χ0) is 12.8. The zero-order valence-corrected chi connectivity index (χ0v) is 10.2. The topological polar surface area (TPSA) is 94.3 Å². The molecule has 0 spiro atoms. The van der Waals surface area contributed by atoms with Crippen LogP contribution < -0.4 is 16.9 Å². The average molecular weight is 239 g/mol. The second kappa shape index (κ2) is 6.42. The maximum Gasteiger partial charge on any atom is 0.223 e. The molecule has 0 aliphatic heterocycles. The quantitative estimate of drug-likeness (QED) is 0.623. The Labute approximate surface area is 101 Å². The van der Waals surface area contributed by atoms with Crippen molar-refractivity contribution in [3.63, 3.8) is 0 Å². The van der Waals surface area contributed by atoms with Crippen LogP contribution in [0.2, 0.25) is 0 Å². The Kier molecular flexibility index (Phi) is 5.18. The Morgan fingerprint density at radius 1 is 1.47 bits per heavy atom.